The van der Waals surface area contributed by atoms with Crippen LogP contribution in [0.3, 0.4) is 0 Å². The fourth-order valence-electron chi connectivity index (χ4n) is 1.07. The maximum absolute atomic E-state index is 5.63. The Morgan fingerprint density at radius 3 is 2.62 bits per heavy atom. The van der Waals surface area contributed by atoms with E-state index in [1.807, 2.05) is 30.3 Å². The van der Waals surface area contributed by atoms with Crippen molar-refractivity contribution in [3.63, 3.8) is 0 Å². The minimum Gasteiger partial charge on any atom is -0.479 e. The zero-order valence-corrected chi connectivity index (χ0v) is 9.46. The molecule has 13 heavy (non-hydrogen) atoms. The molecule has 0 aliphatic rings. The Kier molecular flexibility index (Phi) is 4.91. The molecule has 0 heterocycles. The van der Waals surface area contributed by atoms with Gasteiger partial charge in [-0.1, -0.05) is 31.5 Å². The van der Waals surface area contributed by atoms with Gasteiger partial charge in [0.1, 0.15) is 5.75 Å². The number of alkyl halides is 1. The number of hydrogen-bond donors (Lipinski definition) is 0. The van der Waals surface area contributed by atoms with E-state index in [2.05, 4.69) is 22.9 Å². The van der Waals surface area contributed by atoms with Crippen molar-refractivity contribution in [2.24, 2.45) is 0 Å². The molecule has 0 N–H and O–H groups in total. The predicted octanol–water partition coefficient (Wildman–Crippen LogP) is 3.98. The largest absolute Gasteiger partial charge is 0.479 e. The van der Waals surface area contributed by atoms with E-state index in [1.165, 1.54) is 12.8 Å². The van der Waals surface area contributed by atoms with Gasteiger partial charge in [0.05, 0.1) is 0 Å². The van der Waals surface area contributed by atoms with E-state index in [4.69, 9.17) is 4.74 Å². The SMILES string of the molecule is CCCCC(Br)Oc1ccccc1. The Balaban J connectivity index is 2.32. The zero-order chi connectivity index (χ0) is 9.52. The summed E-state index contributed by atoms with van der Waals surface area (Å²) < 4.78 is 5.63. The maximum atomic E-state index is 5.63. The molecule has 0 aliphatic carbocycles. The van der Waals surface area contributed by atoms with E-state index in [1.54, 1.807) is 0 Å². The summed E-state index contributed by atoms with van der Waals surface area (Å²) >= 11 is 3.49. The van der Waals surface area contributed by atoms with Gasteiger partial charge in [-0.3, -0.25) is 0 Å². The van der Waals surface area contributed by atoms with Crippen LogP contribution in [-0.4, -0.2) is 5.01 Å². The average molecular weight is 243 g/mol. The van der Waals surface area contributed by atoms with Crippen LogP contribution in [0.5, 0.6) is 5.75 Å². The first kappa shape index (κ1) is 10.6. The molecule has 0 aliphatic heterocycles. The van der Waals surface area contributed by atoms with Gasteiger partial charge >= 0.3 is 0 Å². The van der Waals surface area contributed by atoms with Gasteiger partial charge < -0.3 is 4.74 Å². The molecular formula is C11H15BrO. The molecular weight excluding hydrogens is 228 g/mol. The molecule has 2 heteroatoms. The highest BCUT2D eigenvalue weighted by Gasteiger charge is 2.03. The van der Waals surface area contributed by atoms with Gasteiger partial charge in [0.2, 0.25) is 0 Å². The molecule has 0 bridgehead atoms. The molecule has 72 valence electrons. The highest BCUT2D eigenvalue weighted by molar-refractivity contribution is 9.09. The number of unbranched alkanes of at least 4 members (excludes halogenated alkanes) is 1. The van der Waals surface area contributed by atoms with E-state index in [9.17, 15) is 0 Å². The molecule has 0 fully saturated rings. The van der Waals surface area contributed by atoms with Crippen molar-refractivity contribution in [3.05, 3.63) is 30.3 Å². The Labute approximate surface area is 88.2 Å². The lowest BCUT2D eigenvalue weighted by Crippen LogP contribution is -2.07. The highest BCUT2D eigenvalue weighted by atomic mass is 79.9. The second-order valence-corrected chi connectivity index (χ2v) is 4.00. The number of para-hydroxylation sites is 1. The van der Waals surface area contributed by atoms with Gasteiger partial charge in [-0.2, -0.15) is 0 Å². The quantitative estimate of drug-likeness (QED) is 0.711. The molecule has 0 spiro atoms. The molecule has 1 aromatic rings. The summed E-state index contributed by atoms with van der Waals surface area (Å²) in [6.07, 6.45) is 3.47. The summed E-state index contributed by atoms with van der Waals surface area (Å²) in [6, 6.07) is 9.90. The number of rotatable bonds is 5. The van der Waals surface area contributed by atoms with Crippen LogP contribution in [-0.2, 0) is 0 Å². The molecule has 1 unspecified atom stereocenters. The van der Waals surface area contributed by atoms with Crippen molar-refractivity contribution >= 4 is 15.9 Å². The van der Waals surface area contributed by atoms with Gasteiger partial charge in [-0.25, -0.2) is 0 Å². The van der Waals surface area contributed by atoms with Crippen LogP contribution in [0.4, 0.5) is 0 Å². The smallest absolute Gasteiger partial charge is 0.153 e. The van der Waals surface area contributed by atoms with Crippen LogP contribution in [0.25, 0.3) is 0 Å². The minimum atomic E-state index is 0.148. The van der Waals surface area contributed by atoms with E-state index in [0.717, 1.165) is 12.2 Å². The van der Waals surface area contributed by atoms with Crippen molar-refractivity contribution in [2.75, 3.05) is 0 Å². The lowest BCUT2D eigenvalue weighted by atomic mass is 10.3. The van der Waals surface area contributed by atoms with Crippen LogP contribution in [0.1, 0.15) is 26.2 Å². The molecule has 1 atom stereocenters. The van der Waals surface area contributed by atoms with E-state index in [0.29, 0.717) is 0 Å². The van der Waals surface area contributed by atoms with Gasteiger partial charge in [0, 0.05) is 0 Å². The Hall–Kier alpha value is -0.500. The molecule has 0 aromatic heterocycles. The van der Waals surface area contributed by atoms with Gasteiger partial charge in [0.25, 0.3) is 0 Å². The first-order valence-corrected chi connectivity index (χ1v) is 5.60. The monoisotopic (exact) mass is 242 g/mol. The molecule has 1 rings (SSSR count). The van der Waals surface area contributed by atoms with Gasteiger partial charge in [-0.05, 0) is 40.9 Å². The lowest BCUT2D eigenvalue weighted by Gasteiger charge is -2.11. The van der Waals surface area contributed by atoms with Crippen LogP contribution in [0, 0.1) is 0 Å². The fourth-order valence-corrected chi connectivity index (χ4v) is 1.61. The third kappa shape index (κ3) is 4.32. The Morgan fingerprint density at radius 2 is 2.00 bits per heavy atom. The van der Waals surface area contributed by atoms with Crippen LogP contribution >= 0.6 is 15.9 Å². The second-order valence-electron chi connectivity index (χ2n) is 2.98. The number of ether oxygens (including phenoxy) is 1. The third-order valence-electron chi connectivity index (χ3n) is 1.79. The molecule has 0 saturated heterocycles. The normalized spacial score (nSPS) is 12.5. The molecule has 0 radical (unpaired) electrons. The van der Waals surface area contributed by atoms with Crippen LogP contribution in [0.15, 0.2) is 30.3 Å². The van der Waals surface area contributed by atoms with Crippen molar-refractivity contribution in [1.29, 1.82) is 0 Å². The van der Waals surface area contributed by atoms with Crippen LogP contribution in [0.2, 0.25) is 0 Å². The molecule has 0 amide bonds. The summed E-state index contributed by atoms with van der Waals surface area (Å²) in [7, 11) is 0. The Morgan fingerprint density at radius 1 is 1.31 bits per heavy atom. The highest BCUT2D eigenvalue weighted by Crippen LogP contribution is 2.17. The van der Waals surface area contributed by atoms with Gasteiger partial charge in [0.15, 0.2) is 5.01 Å². The zero-order valence-electron chi connectivity index (χ0n) is 7.87. The van der Waals surface area contributed by atoms with E-state index >= 15 is 0 Å². The molecule has 1 nitrogen and oxygen atoms in total. The fraction of sp³-hybridized carbons (Fsp3) is 0.455. The van der Waals surface area contributed by atoms with Crippen LogP contribution < -0.4 is 4.74 Å². The first-order chi connectivity index (χ1) is 6.33. The van der Waals surface area contributed by atoms with E-state index in [-0.39, 0.29) is 5.01 Å². The van der Waals surface area contributed by atoms with Crippen molar-refractivity contribution in [2.45, 2.75) is 31.2 Å². The van der Waals surface area contributed by atoms with Crippen molar-refractivity contribution < 1.29 is 4.74 Å². The summed E-state index contributed by atoms with van der Waals surface area (Å²) in [5.74, 6) is 0.931. The summed E-state index contributed by atoms with van der Waals surface area (Å²) in [4.78, 5) is 0. The topological polar surface area (TPSA) is 9.23 Å². The van der Waals surface area contributed by atoms with Gasteiger partial charge in [-0.15, -0.1) is 0 Å². The summed E-state index contributed by atoms with van der Waals surface area (Å²) in [6.45, 7) is 2.18. The predicted molar refractivity (Wildman–Crippen MR) is 59.3 cm³/mol. The Bertz CT molecular complexity index is 223. The summed E-state index contributed by atoms with van der Waals surface area (Å²) in [5, 5.41) is 0.148. The number of benzene rings is 1. The first-order valence-electron chi connectivity index (χ1n) is 4.68. The standard InChI is InChI=1S/C11H15BrO/c1-2-3-9-11(12)13-10-7-5-4-6-8-10/h4-8,11H,2-3,9H2,1H3. The second kappa shape index (κ2) is 6.03. The van der Waals surface area contributed by atoms with Crippen molar-refractivity contribution in [3.8, 4) is 5.75 Å². The average Bonchev–Trinajstić information content (AvgIpc) is 2.16. The summed E-state index contributed by atoms with van der Waals surface area (Å²) in [5.41, 5.74) is 0. The number of hydrogen-bond acceptors (Lipinski definition) is 1. The lowest BCUT2D eigenvalue weighted by molar-refractivity contribution is 0.279. The third-order valence-corrected chi connectivity index (χ3v) is 2.44. The van der Waals surface area contributed by atoms with E-state index < -0.39 is 0 Å². The van der Waals surface area contributed by atoms with Crippen molar-refractivity contribution in [1.82, 2.24) is 0 Å². The minimum absolute atomic E-state index is 0.148. The number of halogens is 1. The molecule has 1 aromatic carbocycles. The maximum Gasteiger partial charge on any atom is 0.153 e. The molecule has 0 saturated carbocycles.